The van der Waals surface area contributed by atoms with Gasteiger partial charge in [-0.2, -0.15) is 4.40 Å². The first kappa shape index (κ1) is 17.2. The molecule has 4 nitrogen and oxygen atoms in total. The number of benzene rings is 2. The lowest BCUT2D eigenvalue weighted by atomic mass is 10.2. The van der Waals surface area contributed by atoms with E-state index in [1.54, 1.807) is 18.2 Å². The topological polar surface area (TPSA) is 49.0 Å². The molecule has 4 rings (SSSR count). The first-order valence-electron chi connectivity index (χ1n) is 8.43. The van der Waals surface area contributed by atoms with E-state index in [2.05, 4.69) is 10.3 Å². The summed E-state index contributed by atoms with van der Waals surface area (Å²) in [7, 11) is 0. The molecule has 0 radical (unpaired) electrons. The third-order valence-corrected chi connectivity index (χ3v) is 4.52. The fourth-order valence-electron chi connectivity index (χ4n) is 2.99. The Kier molecular flexibility index (Phi) is 4.60. The van der Waals surface area contributed by atoms with E-state index in [0.29, 0.717) is 23.1 Å². The SMILES string of the molecule is O=C(NCc1cccc(Cl)c1)c1[nH]c(-c2ccc(F)cc2)[n+]2ccccc12. The average molecular weight is 381 g/mol. The van der Waals surface area contributed by atoms with E-state index in [4.69, 9.17) is 11.6 Å². The van der Waals surface area contributed by atoms with Crippen LogP contribution in [0, 0.1) is 5.82 Å². The van der Waals surface area contributed by atoms with Crippen LogP contribution in [0.1, 0.15) is 16.1 Å². The molecule has 0 aliphatic carbocycles. The Bertz CT molecular complexity index is 1120. The third-order valence-electron chi connectivity index (χ3n) is 4.29. The Morgan fingerprint density at radius 3 is 2.67 bits per heavy atom. The Morgan fingerprint density at radius 2 is 1.89 bits per heavy atom. The monoisotopic (exact) mass is 380 g/mol. The number of nitrogens with one attached hydrogen (secondary N) is 2. The summed E-state index contributed by atoms with van der Waals surface area (Å²) in [6, 6.07) is 19.1. The molecule has 4 aromatic rings. The van der Waals surface area contributed by atoms with Gasteiger partial charge >= 0.3 is 0 Å². The number of hydrogen-bond acceptors (Lipinski definition) is 1. The molecule has 0 fully saturated rings. The lowest BCUT2D eigenvalue weighted by Crippen LogP contribution is -2.25. The number of carbonyl (C=O) groups excluding carboxylic acids is 1. The molecule has 0 bridgehead atoms. The van der Waals surface area contributed by atoms with E-state index in [0.717, 1.165) is 16.6 Å². The molecule has 2 N–H and O–H groups in total. The van der Waals surface area contributed by atoms with Crippen molar-refractivity contribution in [3.8, 4) is 11.4 Å². The fraction of sp³-hybridized carbons (Fsp3) is 0.0476. The van der Waals surface area contributed by atoms with E-state index < -0.39 is 0 Å². The molecule has 2 aromatic heterocycles. The molecule has 0 saturated heterocycles. The summed E-state index contributed by atoms with van der Waals surface area (Å²) in [5.41, 5.74) is 2.88. The van der Waals surface area contributed by atoms with Crippen LogP contribution in [0.25, 0.3) is 16.9 Å². The van der Waals surface area contributed by atoms with Crippen LogP contribution in [-0.4, -0.2) is 10.9 Å². The van der Waals surface area contributed by atoms with Gasteiger partial charge in [-0.3, -0.25) is 4.79 Å². The Labute approximate surface area is 160 Å². The summed E-state index contributed by atoms with van der Waals surface area (Å²) in [6.07, 6.45) is 1.86. The molecule has 0 aliphatic heterocycles. The minimum Gasteiger partial charge on any atom is -0.345 e. The predicted molar refractivity (Wildman–Crippen MR) is 102 cm³/mol. The number of H-pyrrole nitrogens is 1. The van der Waals surface area contributed by atoms with Gasteiger partial charge in [-0.1, -0.05) is 29.8 Å². The van der Waals surface area contributed by atoms with Gasteiger partial charge in [-0.25, -0.2) is 9.37 Å². The van der Waals surface area contributed by atoms with E-state index >= 15 is 0 Å². The third kappa shape index (κ3) is 3.55. The van der Waals surface area contributed by atoms with Gasteiger partial charge in [0, 0.05) is 11.6 Å². The van der Waals surface area contributed by atoms with E-state index in [-0.39, 0.29) is 11.7 Å². The summed E-state index contributed by atoms with van der Waals surface area (Å²) in [4.78, 5) is 15.9. The summed E-state index contributed by atoms with van der Waals surface area (Å²) < 4.78 is 15.1. The number of hydrogen-bond donors (Lipinski definition) is 2. The molecule has 27 heavy (non-hydrogen) atoms. The lowest BCUT2D eigenvalue weighted by molar-refractivity contribution is -0.498. The van der Waals surface area contributed by atoms with Gasteiger partial charge in [-0.05, 0) is 54.1 Å². The van der Waals surface area contributed by atoms with E-state index in [1.807, 2.05) is 47.0 Å². The van der Waals surface area contributed by atoms with Crippen molar-refractivity contribution < 1.29 is 13.6 Å². The average Bonchev–Trinajstić information content (AvgIpc) is 3.07. The molecular formula is C21H16ClFN3O+. The number of imidazole rings is 1. The predicted octanol–water partition coefficient (Wildman–Crippen LogP) is 4.14. The van der Waals surface area contributed by atoms with Crippen LogP contribution in [0.3, 0.4) is 0 Å². The maximum atomic E-state index is 13.2. The van der Waals surface area contributed by atoms with Gasteiger partial charge < -0.3 is 5.32 Å². The zero-order valence-corrected chi connectivity index (χ0v) is 15.0. The van der Waals surface area contributed by atoms with Crippen molar-refractivity contribution in [1.82, 2.24) is 10.3 Å². The molecule has 0 unspecified atom stereocenters. The maximum absolute atomic E-state index is 13.2. The highest BCUT2D eigenvalue weighted by Gasteiger charge is 2.24. The second kappa shape index (κ2) is 7.21. The van der Waals surface area contributed by atoms with Crippen LogP contribution in [0.15, 0.2) is 72.9 Å². The Balaban J connectivity index is 1.67. The minimum absolute atomic E-state index is 0.230. The summed E-state index contributed by atoms with van der Waals surface area (Å²) in [5.74, 6) is 0.171. The van der Waals surface area contributed by atoms with Crippen molar-refractivity contribution in [2.45, 2.75) is 6.54 Å². The molecule has 134 valence electrons. The highest BCUT2D eigenvalue weighted by atomic mass is 35.5. The van der Waals surface area contributed by atoms with E-state index in [1.165, 1.54) is 12.1 Å². The number of pyridine rings is 1. The van der Waals surface area contributed by atoms with Crippen molar-refractivity contribution in [3.63, 3.8) is 0 Å². The molecule has 2 heterocycles. The van der Waals surface area contributed by atoms with E-state index in [9.17, 15) is 9.18 Å². The van der Waals surface area contributed by atoms with Crippen LogP contribution >= 0.6 is 11.6 Å². The number of rotatable bonds is 4. The summed E-state index contributed by atoms with van der Waals surface area (Å²) in [6.45, 7) is 0.364. The molecule has 1 amide bonds. The second-order valence-electron chi connectivity index (χ2n) is 6.12. The molecular weight excluding hydrogens is 365 g/mol. The van der Waals surface area contributed by atoms with Gasteiger partial charge in [0.05, 0.1) is 11.8 Å². The number of amides is 1. The first-order valence-corrected chi connectivity index (χ1v) is 8.80. The largest absolute Gasteiger partial charge is 0.345 e. The normalized spacial score (nSPS) is 10.9. The zero-order valence-electron chi connectivity index (χ0n) is 14.2. The van der Waals surface area contributed by atoms with Gasteiger partial charge in [0.15, 0.2) is 5.52 Å². The lowest BCUT2D eigenvalue weighted by Gasteiger charge is -2.03. The second-order valence-corrected chi connectivity index (χ2v) is 6.56. The Hall–Kier alpha value is -3.18. The van der Waals surface area contributed by atoms with Crippen LogP contribution in [-0.2, 0) is 6.54 Å². The van der Waals surface area contributed by atoms with Gasteiger partial charge in [0.2, 0.25) is 5.69 Å². The van der Waals surface area contributed by atoms with Crippen LogP contribution in [0.5, 0.6) is 0 Å². The van der Waals surface area contributed by atoms with Crippen molar-refractivity contribution in [1.29, 1.82) is 0 Å². The van der Waals surface area contributed by atoms with Gasteiger partial charge in [0.25, 0.3) is 11.7 Å². The number of aromatic nitrogens is 2. The number of nitrogens with zero attached hydrogens (tertiary/aromatic N) is 1. The molecule has 0 aliphatic rings. The molecule has 0 saturated carbocycles. The standard InChI is InChI=1S/C21H15ClFN3O/c22-16-5-3-4-14(12-16)13-24-21(27)19-18-6-1-2-11-26(18)20(25-19)15-7-9-17(23)10-8-15/h1-12H,13H2,(H,24,27)/p+1. The van der Waals surface area contributed by atoms with Crippen LogP contribution < -0.4 is 9.72 Å². The Morgan fingerprint density at radius 1 is 1.07 bits per heavy atom. The summed E-state index contributed by atoms with van der Waals surface area (Å²) in [5, 5.41) is 3.53. The highest BCUT2D eigenvalue weighted by molar-refractivity contribution is 6.30. The molecule has 0 spiro atoms. The van der Waals surface area contributed by atoms with Crippen LogP contribution in [0.4, 0.5) is 4.39 Å². The van der Waals surface area contributed by atoms with Gasteiger partial charge in [-0.15, -0.1) is 0 Å². The van der Waals surface area contributed by atoms with Crippen molar-refractivity contribution >= 4 is 23.0 Å². The molecule has 2 aromatic carbocycles. The van der Waals surface area contributed by atoms with Crippen molar-refractivity contribution in [2.75, 3.05) is 0 Å². The number of halogens is 2. The highest BCUT2D eigenvalue weighted by Crippen LogP contribution is 2.18. The summed E-state index contributed by atoms with van der Waals surface area (Å²) >= 11 is 5.99. The molecule has 0 atom stereocenters. The van der Waals surface area contributed by atoms with Crippen molar-refractivity contribution in [2.24, 2.45) is 0 Å². The first-order chi connectivity index (χ1) is 13.1. The van der Waals surface area contributed by atoms with Crippen molar-refractivity contribution in [3.05, 3.63) is 95.0 Å². The smallest absolute Gasteiger partial charge is 0.295 e. The number of fused-ring (bicyclic) bond motifs is 1. The fourth-order valence-corrected chi connectivity index (χ4v) is 3.21. The number of aromatic amines is 1. The van der Waals surface area contributed by atoms with Gasteiger partial charge in [0.1, 0.15) is 5.82 Å². The minimum atomic E-state index is -0.306. The number of carbonyl (C=O) groups is 1. The maximum Gasteiger partial charge on any atom is 0.295 e. The molecule has 6 heteroatoms. The quantitative estimate of drug-likeness (QED) is 0.513. The zero-order chi connectivity index (χ0) is 18.8. The van der Waals surface area contributed by atoms with Crippen LogP contribution in [0.2, 0.25) is 5.02 Å².